The van der Waals surface area contributed by atoms with Crippen LogP contribution in [0.2, 0.25) is 4.34 Å². The van der Waals surface area contributed by atoms with Gasteiger partial charge in [-0.25, -0.2) is 0 Å². The number of halogens is 1. The number of morpholine rings is 1. The molecule has 1 aliphatic rings. The molecule has 0 saturated carbocycles. The van der Waals surface area contributed by atoms with Crippen molar-refractivity contribution in [1.82, 2.24) is 10.2 Å². The average Bonchev–Trinajstić information content (AvgIpc) is 3.20. The summed E-state index contributed by atoms with van der Waals surface area (Å²) in [6, 6.07) is 6.11. The van der Waals surface area contributed by atoms with Crippen LogP contribution in [0.5, 0.6) is 0 Å². The van der Waals surface area contributed by atoms with E-state index in [2.05, 4.69) is 21.7 Å². The monoisotopic (exact) mass is 356 g/mol. The molecule has 1 aliphatic heterocycles. The molecular weight excluding hydrogens is 340 g/mol. The molecule has 2 aromatic rings. The Kier molecular flexibility index (Phi) is 5.49. The van der Waals surface area contributed by atoms with Gasteiger partial charge < -0.3 is 10.1 Å². The topological polar surface area (TPSA) is 41.6 Å². The molecule has 1 saturated heterocycles. The molecule has 3 rings (SSSR count). The summed E-state index contributed by atoms with van der Waals surface area (Å²) in [5, 5.41) is 6.92. The van der Waals surface area contributed by atoms with E-state index >= 15 is 0 Å². The smallest absolute Gasteiger partial charge is 0.253 e. The number of nitrogens with one attached hydrogen (secondary N) is 1. The van der Waals surface area contributed by atoms with Gasteiger partial charge in [-0.15, -0.1) is 22.7 Å². The molecule has 7 heteroatoms. The first-order chi connectivity index (χ1) is 10.8. The quantitative estimate of drug-likeness (QED) is 0.894. The van der Waals surface area contributed by atoms with Crippen LogP contribution in [0.25, 0.3) is 0 Å². The molecule has 118 valence electrons. The summed E-state index contributed by atoms with van der Waals surface area (Å²) in [7, 11) is 0. The molecule has 0 aromatic carbocycles. The maximum atomic E-state index is 12.3. The van der Waals surface area contributed by atoms with Crippen LogP contribution in [0.3, 0.4) is 0 Å². The molecular formula is C15H17ClN2O2S2. The number of carbonyl (C=O) groups is 1. The Bertz CT molecular complexity index is 609. The van der Waals surface area contributed by atoms with Crippen LogP contribution in [-0.2, 0) is 4.74 Å². The summed E-state index contributed by atoms with van der Waals surface area (Å²) in [4.78, 5) is 15.9. The van der Waals surface area contributed by atoms with Crippen LogP contribution in [0, 0.1) is 0 Å². The molecule has 0 radical (unpaired) electrons. The standard InChI is InChI=1S/C15H17ClN2O2S2/c16-14-11(3-9-22-14)15(19)17-10-12(13-2-1-8-21-13)18-4-6-20-7-5-18/h1-3,8-9,12H,4-7,10H2,(H,17,19). The first-order valence-electron chi connectivity index (χ1n) is 7.12. The molecule has 1 atom stereocenters. The zero-order chi connectivity index (χ0) is 15.4. The van der Waals surface area contributed by atoms with Gasteiger partial charge in [-0.2, -0.15) is 0 Å². The van der Waals surface area contributed by atoms with E-state index in [4.69, 9.17) is 16.3 Å². The third-order valence-electron chi connectivity index (χ3n) is 3.68. The Morgan fingerprint density at radius 2 is 2.14 bits per heavy atom. The average molecular weight is 357 g/mol. The number of ether oxygens (including phenoxy) is 1. The minimum atomic E-state index is -0.110. The lowest BCUT2D eigenvalue weighted by molar-refractivity contribution is 0.0169. The minimum Gasteiger partial charge on any atom is -0.379 e. The lowest BCUT2D eigenvalue weighted by Gasteiger charge is -2.34. The van der Waals surface area contributed by atoms with E-state index in [0.29, 0.717) is 16.4 Å². The van der Waals surface area contributed by atoms with Gasteiger partial charge in [-0.1, -0.05) is 17.7 Å². The van der Waals surface area contributed by atoms with E-state index in [1.165, 1.54) is 16.2 Å². The Morgan fingerprint density at radius 3 is 2.77 bits per heavy atom. The fourth-order valence-electron chi connectivity index (χ4n) is 2.52. The Hall–Kier alpha value is -0.920. The molecule has 4 nitrogen and oxygen atoms in total. The van der Waals surface area contributed by atoms with Crippen molar-refractivity contribution < 1.29 is 9.53 Å². The van der Waals surface area contributed by atoms with Crippen molar-refractivity contribution in [3.05, 3.63) is 43.7 Å². The van der Waals surface area contributed by atoms with Crippen LogP contribution in [0.15, 0.2) is 29.0 Å². The SMILES string of the molecule is O=C(NCC(c1cccs1)N1CCOCC1)c1ccsc1Cl. The van der Waals surface area contributed by atoms with Crippen molar-refractivity contribution in [3.8, 4) is 0 Å². The number of hydrogen-bond acceptors (Lipinski definition) is 5. The van der Waals surface area contributed by atoms with Gasteiger partial charge in [0, 0.05) is 24.5 Å². The molecule has 1 N–H and O–H groups in total. The van der Waals surface area contributed by atoms with Gasteiger partial charge in [0.2, 0.25) is 0 Å². The predicted octanol–water partition coefficient (Wildman–Crippen LogP) is 3.27. The zero-order valence-corrected chi connectivity index (χ0v) is 14.3. The molecule has 22 heavy (non-hydrogen) atoms. The zero-order valence-electron chi connectivity index (χ0n) is 12.0. The van der Waals surface area contributed by atoms with Crippen molar-refractivity contribution in [2.75, 3.05) is 32.8 Å². The predicted molar refractivity (Wildman–Crippen MR) is 91.1 cm³/mol. The van der Waals surface area contributed by atoms with Crippen molar-refractivity contribution >= 4 is 40.2 Å². The van der Waals surface area contributed by atoms with Crippen LogP contribution in [0.1, 0.15) is 21.3 Å². The van der Waals surface area contributed by atoms with Crippen molar-refractivity contribution in [1.29, 1.82) is 0 Å². The summed E-state index contributed by atoms with van der Waals surface area (Å²) in [6.07, 6.45) is 0. The molecule has 2 aromatic heterocycles. The van der Waals surface area contributed by atoms with Crippen molar-refractivity contribution in [3.63, 3.8) is 0 Å². The Labute approximate surface area is 142 Å². The van der Waals surface area contributed by atoms with Crippen LogP contribution in [-0.4, -0.2) is 43.7 Å². The molecule has 0 aliphatic carbocycles. The summed E-state index contributed by atoms with van der Waals surface area (Å²) >= 11 is 9.12. The number of thiophene rings is 2. The summed E-state index contributed by atoms with van der Waals surface area (Å²) in [6.45, 7) is 3.83. The van der Waals surface area contributed by atoms with E-state index in [-0.39, 0.29) is 11.9 Å². The summed E-state index contributed by atoms with van der Waals surface area (Å²) in [5.74, 6) is -0.110. The Balaban J connectivity index is 1.68. The Morgan fingerprint density at radius 1 is 1.32 bits per heavy atom. The highest BCUT2D eigenvalue weighted by Gasteiger charge is 2.24. The minimum absolute atomic E-state index is 0.110. The van der Waals surface area contributed by atoms with E-state index < -0.39 is 0 Å². The first kappa shape index (κ1) is 16.0. The maximum absolute atomic E-state index is 12.3. The number of carbonyl (C=O) groups excluding carboxylic acids is 1. The first-order valence-corrected chi connectivity index (χ1v) is 9.26. The van der Waals surface area contributed by atoms with Crippen LogP contribution in [0.4, 0.5) is 0 Å². The molecule has 0 spiro atoms. The van der Waals surface area contributed by atoms with Gasteiger partial charge in [0.25, 0.3) is 5.91 Å². The number of rotatable bonds is 5. The van der Waals surface area contributed by atoms with Crippen molar-refractivity contribution in [2.24, 2.45) is 0 Å². The van der Waals surface area contributed by atoms with E-state index in [0.717, 1.165) is 26.3 Å². The van der Waals surface area contributed by atoms with Gasteiger partial charge in [0.1, 0.15) is 4.34 Å². The summed E-state index contributed by atoms with van der Waals surface area (Å²) in [5.41, 5.74) is 0.554. The molecule has 1 amide bonds. The lowest BCUT2D eigenvalue weighted by atomic mass is 10.2. The van der Waals surface area contributed by atoms with Gasteiger partial charge >= 0.3 is 0 Å². The van der Waals surface area contributed by atoms with E-state index in [9.17, 15) is 4.79 Å². The van der Waals surface area contributed by atoms with Crippen molar-refractivity contribution in [2.45, 2.75) is 6.04 Å². The fraction of sp³-hybridized carbons (Fsp3) is 0.400. The second-order valence-electron chi connectivity index (χ2n) is 5.00. The number of nitrogens with zero attached hydrogens (tertiary/aromatic N) is 1. The normalized spacial score (nSPS) is 17.3. The second-order valence-corrected chi connectivity index (χ2v) is 7.50. The molecule has 1 unspecified atom stereocenters. The highest BCUT2D eigenvalue weighted by molar-refractivity contribution is 7.14. The van der Waals surface area contributed by atoms with Gasteiger partial charge in [-0.3, -0.25) is 9.69 Å². The molecule has 1 fully saturated rings. The molecule has 3 heterocycles. The third-order valence-corrected chi connectivity index (χ3v) is 5.82. The highest BCUT2D eigenvalue weighted by atomic mass is 35.5. The number of hydrogen-bond donors (Lipinski definition) is 1. The lowest BCUT2D eigenvalue weighted by Crippen LogP contribution is -2.43. The largest absolute Gasteiger partial charge is 0.379 e. The molecule has 0 bridgehead atoms. The highest BCUT2D eigenvalue weighted by Crippen LogP contribution is 2.26. The fourth-order valence-corrected chi connectivity index (χ4v) is 4.30. The van der Waals surface area contributed by atoms with Gasteiger partial charge in [-0.05, 0) is 22.9 Å². The van der Waals surface area contributed by atoms with E-state index in [1.54, 1.807) is 17.4 Å². The van der Waals surface area contributed by atoms with E-state index in [1.807, 2.05) is 11.4 Å². The van der Waals surface area contributed by atoms with Gasteiger partial charge in [0.05, 0.1) is 24.8 Å². The third kappa shape index (κ3) is 3.70. The van der Waals surface area contributed by atoms with Crippen LogP contribution < -0.4 is 5.32 Å². The van der Waals surface area contributed by atoms with Crippen LogP contribution >= 0.6 is 34.3 Å². The second kappa shape index (κ2) is 7.57. The maximum Gasteiger partial charge on any atom is 0.253 e. The van der Waals surface area contributed by atoms with Gasteiger partial charge in [0.15, 0.2) is 0 Å². The number of amides is 1. The summed E-state index contributed by atoms with van der Waals surface area (Å²) < 4.78 is 5.96.